The van der Waals surface area contributed by atoms with E-state index >= 15 is 0 Å². The number of rotatable bonds is 13. The number of methoxy groups -OCH3 is 1. The molecule has 0 aliphatic heterocycles. The normalized spacial score (nSPS) is 14.7. The maximum atomic E-state index is 13.9. The van der Waals surface area contributed by atoms with Crippen molar-refractivity contribution in [1.29, 1.82) is 0 Å². The molecule has 0 saturated carbocycles. The number of carbonyl (C=O) groups is 3. The van der Waals surface area contributed by atoms with Crippen LogP contribution in [0.25, 0.3) is 0 Å². The fourth-order valence-electron chi connectivity index (χ4n) is 3.28. The minimum absolute atomic E-state index is 0.153. The molecule has 0 saturated heterocycles. The molecule has 0 aliphatic carbocycles. The Morgan fingerprint density at radius 3 is 1.31 bits per heavy atom. The number of esters is 3. The summed E-state index contributed by atoms with van der Waals surface area (Å²) in [5.41, 5.74) is -10.2. The average Bonchev–Trinajstić information content (AvgIpc) is 2.87. The Morgan fingerprint density at radius 2 is 1.02 bits per heavy atom. The van der Waals surface area contributed by atoms with Crippen molar-refractivity contribution in [2.75, 3.05) is 13.7 Å². The van der Waals surface area contributed by atoms with Gasteiger partial charge in [0.25, 0.3) is 6.10 Å². The van der Waals surface area contributed by atoms with Gasteiger partial charge in [0, 0.05) is 13.0 Å². The number of halogens is 12. The van der Waals surface area contributed by atoms with Gasteiger partial charge in [0.15, 0.2) is 18.5 Å². The van der Waals surface area contributed by atoms with Crippen LogP contribution < -0.4 is 0 Å². The van der Waals surface area contributed by atoms with Crippen LogP contribution in [0, 0.1) is 16.7 Å². The van der Waals surface area contributed by atoms with Crippen LogP contribution >= 0.6 is 0 Å². The van der Waals surface area contributed by atoms with Crippen LogP contribution in [0.5, 0.6) is 0 Å². The van der Waals surface area contributed by atoms with E-state index in [-0.39, 0.29) is 6.42 Å². The second-order valence-corrected chi connectivity index (χ2v) is 12.5. The molecule has 1 unspecified atom stereocenters. The molecule has 0 heterocycles. The second-order valence-electron chi connectivity index (χ2n) is 12.5. The van der Waals surface area contributed by atoms with E-state index in [9.17, 15) is 67.1 Å². The lowest BCUT2D eigenvalue weighted by Gasteiger charge is -2.48. The standard InChI is InChI=1S/C17H28F6O4.C11H14F6O4/c1-9-13(4,5)12(24)27-14(6,7)15(16(18,19)20,17(21,22)23)26-11(25-8)10(2)3;1-4-9(2,3)8(19)20-5-6(18)21-7(10(12,13)14)11(15,16)17/h10-11H,9H2,1-8H3;7H,4-5H2,1-3H3. The Morgan fingerprint density at radius 1 is 0.646 bits per heavy atom. The van der Waals surface area contributed by atoms with Gasteiger partial charge in [0.2, 0.25) is 0 Å². The van der Waals surface area contributed by atoms with Crippen molar-refractivity contribution in [1.82, 2.24) is 0 Å². The van der Waals surface area contributed by atoms with Gasteiger partial charge < -0.3 is 23.7 Å². The van der Waals surface area contributed by atoms with Crippen molar-refractivity contribution >= 4 is 17.9 Å². The van der Waals surface area contributed by atoms with Gasteiger partial charge >= 0.3 is 48.2 Å². The van der Waals surface area contributed by atoms with E-state index in [1.165, 1.54) is 41.5 Å². The number of ether oxygens (including phenoxy) is 5. The highest BCUT2D eigenvalue weighted by Gasteiger charge is 2.81. The first-order valence-corrected chi connectivity index (χ1v) is 14.1. The monoisotopic (exact) mass is 734 g/mol. The fraction of sp³-hybridized carbons (Fsp3) is 0.893. The van der Waals surface area contributed by atoms with Gasteiger partial charge in [-0.25, -0.2) is 4.79 Å². The minimum Gasteiger partial charge on any atom is -0.455 e. The summed E-state index contributed by atoms with van der Waals surface area (Å²) in [5.74, 6) is -4.90. The highest BCUT2D eigenvalue weighted by atomic mass is 19.4. The molecule has 0 aromatic carbocycles. The summed E-state index contributed by atoms with van der Waals surface area (Å²) >= 11 is 0. The van der Waals surface area contributed by atoms with Crippen molar-refractivity contribution in [3.05, 3.63) is 0 Å². The highest BCUT2D eigenvalue weighted by Crippen LogP contribution is 2.54. The van der Waals surface area contributed by atoms with Crippen LogP contribution in [-0.2, 0) is 38.1 Å². The molecule has 0 aliphatic rings. The van der Waals surface area contributed by atoms with Crippen molar-refractivity contribution in [3.8, 4) is 0 Å². The smallest absolute Gasteiger partial charge is 0.434 e. The summed E-state index contributed by atoms with van der Waals surface area (Å²) in [4.78, 5) is 34.6. The molecule has 0 radical (unpaired) electrons. The largest absolute Gasteiger partial charge is 0.455 e. The van der Waals surface area contributed by atoms with E-state index in [4.69, 9.17) is 4.74 Å². The van der Waals surface area contributed by atoms with E-state index in [0.29, 0.717) is 20.3 Å². The van der Waals surface area contributed by atoms with E-state index < -0.39 is 89.6 Å². The third kappa shape index (κ3) is 12.4. The predicted octanol–water partition coefficient (Wildman–Crippen LogP) is 8.26. The van der Waals surface area contributed by atoms with Gasteiger partial charge in [-0.05, 0) is 54.4 Å². The zero-order valence-electron chi connectivity index (χ0n) is 28.2. The number of carbonyl (C=O) groups excluding carboxylic acids is 3. The molecule has 48 heavy (non-hydrogen) atoms. The summed E-state index contributed by atoms with van der Waals surface area (Å²) in [6.45, 7) is 11.2. The lowest BCUT2D eigenvalue weighted by Crippen LogP contribution is -2.72. The van der Waals surface area contributed by atoms with Crippen molar-refractivity contribution in [2.24, 2.45) is 16.7 Å². The molecule has 0 amide bonds. The van der Waals surface area contributed by atoms with Crippen LogP contribution in [-0.4, -0.2) is 79.9 Å². The summed E-state index contributed by atoms with van der Waals surface area (Å²) in [5, 5.41) is 0. The third-order valence-electron chi connectivity index (χ3n) is 7.10. The van der Waals surface area contributed by atoms with Crippen LogP contribution in [0.4, 0.5) is 52.7 Å². The molecule has 0 aromatic heterocycles. The first kappa shape index (κ1) is 47.6. The van der Waals surface area contributed by atoms with E-state index in [1.54, 1.807) is 13.8 Å². The van der Waals surface area contributed by atoms with Gasteiger partial charge in [-0.3, -0.25) is 9.59 Å². The second kappa shape index (κ2) is 16.5. The Labute approximate surface area is 270 Å². The molecule has 0 rings (SSSR count). The summed E-state index contributed by atoms with van der Waals surface area (Å²) in [7, 11) is 0.932. The van der Waals surface area contributed by atoms with Gasteiger partial charge in [-0.1, -0.05) is 27.7 Å². The van der Waals surface area contributed by atoms with Gasteiger partial charge in [0.05, 0.1) is 10.8 Å². The van der Waals surface area contributed by atoms with Crippen LogP contribution in [0.15, 0.2) is 0 Å². The van der Waals surface area contributed by atoms with Gasteiger partial charge in [-0.2, -0.15) is 52.7 Å². The van der Waals surface area contributed by atoms with Crippen molar-refractivity contribution in [2.45, 2.75) is 130 Å². The fourth-order valence-corrected chi connectivity index (χ4v) is 3.28. The third-order valence-corrected chi connectivity index (χ3v) is 7.10. The molecule has 286 valence electrons. The summed E-state index contributed by atoms with van der Waals surface area (Å²) in [6, 6.07) is 0. The summed E-state index contributed by atoms with van der Waals surface area (Å²) in [6.07, 6.45) is -29.1. The average molecular weight is 735 g/mol. The zero-order valence-corrected chi connectivity index (χ0v) is 28.2. The van der Waals surface area contributed by atoms with Crippen molar-refractivity contribution in [3.63, 3.8) is 0 Å². The highest BCUT2D eigenvalue weighted by molar-refractivity contribution is 5.80. The minimum atomic E-state index is -5.95. The Hall–Kier alpha value is -2.51. The quantitative estimate of drug-likeness (QED) is 0.0808. The first-order chi connectivity index (χ1) is 21.0. The maximum Gasteiger partial charge on any atom is 0.434 e. The Bertz CT molecular complexity index is 1030. The maximum absolute atomic E-state index is 13.9. The van der Waals surface area contributed by atoms with Gasteiger partial charge in [0.1, 0.15) is 0 Å². The Balaban J connectivity index is 0. The van der Waals surface area contributed by atoms with E-state index in [1.807, 2.05) is 0 Å². The van der Waals surface area contributed by atoms with E-state index in [0.717, 1.165) is 7.11 Å². The molecule has 0 aromatic rings. The molecular formula is C28H42F12O8. The van der Waals surface area contributed by atoms with Crippen molar-refractivity contribution < 1.29 is 90.8 Å². The van der Waals surface area contributed by atoms with Gasteiger partial charge in [-0.15, -0.1) is 0 Å². The lowest BCUT2D eigenvalue weighted by molar-refractivity contribution is -0.445. The topological polar surface area (TPSA) is 97.4 Å². The molecular weight excluding hydrogens is 692 g/mol. The molecule has 1 atom stereocenters. The van der Waals surface area contributed by atoms with Crippen LogP contribution in [0.1, 0.15) is 82.1 Å². The molecule has 0 spiro atoms. The Kier molecular flexibility index (Phi) is 16.3. The molecule has 8 nitrogen and oxygen atoms in total. The predicted molar refractivity (Wildman–Crippen MR) is 143 cm³/mol. The zero-order chi connectivity index (χ0) is 39.1. The molecule has 0 N–H and O–H groups in total. The molecule has 0 bridgehead atoms. The first-order valence-electron chi connectivity index (χ1n) is 14.1. The van der Waals surface area contributed by atoms with Crippen LogP contribution in [0.3, 0.4) is 0 Å². The molecule has 0 fully saturated rings. The molecule has 20 heteroatoms. The van der Waals surface area contributed by atoms with E-state index in [2.05, 4.69) is 18.9 Å². The summed E-state index contributed by atoms with van der Waals surface area (Å²) < 4.78 is 178. The number of alkyl halides is 12. The van der Waals surface area contributed by atoms with Crippen LogP contribution in [0.2, 0.25) is 0 Å². The number of hydrogen-bond donors (Lipinski definition) is 0. The number of hydrogen-bond acceptors (Lipinski definition) is 8. The lowest BCUT2D eigenvalue weighted by atomic mass is 9.82. The SMILES string of the molecule is CCC(C)(C)C(=O)OC(C)(C)C(OC(OC)C(C)C)(C(F)(F)F)C(F)(F)F.CCC(C)(C)C(=O)OCC(=O)OC(C(F)(F)F)C(F)(F)F.